The molecule has 1 saturated carbocycles. The molecular weight excluding hydrogens is 190 g/mol. The molecule has 1 aliphatic carbocycles. The van der Waals surface area contributed by atoms with E-state index in [9.17, 15) is 4.79 Å². The Bertz CT molecular complexity index is 202. The number of aliphatic carboxylic acids is 1. The van der Waals surface area contributed by atoms with E-state index in [0.717, 1.165) is 12.3 Å². The minimum atomic E-state index is -0.784. The van der Waals surface area contributed by atoms with Crippen LogP contribution in [0.4, 0.5) is 0 Å². The zero-order valence-electron chi connectivity index (χ0n) is 9.61. The third kappa shape index (κ3) is 5.17. The van der Waals surface area contributed by atoms with E-state index in [4.69, 9.17) is 10.8 Å². The van der Waals surface area contributed by atoms with E-state index in [1.807, 2.05) is 0 Å². The highest BCUT2D eigenvalue weighted by atomic mass is 16.4. The maximum absolute atomic E-state index is 10.4. The second kappa shape index (κ2) is 6.11. The Labute approximate surface area is 92.0 Å². The number of carboxylic acids is 1. The van der Waals surface area contributed by atoms with Gasteiger partial charge < -0.3 is 10.8 Å². The van der Waals surface area contributed by atoms with E-state index in [-0.39, 0.29) is 12.5 Å². The number of carboxylic acid groups (broad SMARTS) is 1. The fourth-order valence-corrected chi connectivity index (χ4v) is 2.24. The minimum Gasteiger partial charge on any atom is -0.481 e. The van der Waals surface area contributed by atoms with Crippen molar-refractivity contribution >= 4 is 5.97 Å². The molecule has 0 bridgehead atoms. The minimum absolute atomic E-state index is 0.105. The molecule has 15 heavy (non-hydrogen) atoms. The van der Waals surface area contributed by atoms with Gasteiger partial charge in [0.15, 0.2) is 0 Å². The van der Waals surface area contributed by atoms with E-state index in [1.165, 1.54) is 32.1 Å². The molecular formula is C12H23NO2. The molecule has 0 heterocycles. The highest BCUT2D eigenvalue weighted by Crippen LogP contribution is 2.32. The van der Waals surface area contributed by atoms with Gasteiger partial charge >= 0.3 is 5.97 Å². The van der Waals surface area contributed by atoms with E-state index >= 15 is 0 Å². The van der Waals surface area contributed by atoms with Crippen LogP contribution in [-0.2, 0) is 4.79 Å². The van der Waals surface area contributed by atoms with E-state index in [2.05, 4.69) is 6.92 Å². The van der Waals surface area contributed by atoms with Crippen molar-refractivity contribution in [3.05, 3.63) is 0 Å². The first-order valence-electron chi connectivity index (χ1n) is 6.05. The number of carbonyl (C=O) groups is 1. The van der Waals surface area contributed by atoms with Gasteiger partial charge in [-0.1, -0.05) is 39.0 Å². The summed E-state index contributed by atoms with van der Waals surface area (Å²) in [6.07, 6.45) is 7.66. The second-order valence-corrected chi connectivity index (χ2v) is 5.07. The van der Waals surface area contributed by atoms with Gasteiger partial charge in [0.1, 0.15) is 0 Å². The third-order valence-electron chi connectivity index (χ3n) is 3.43. The predicted octanol–water partition coefficient (Wildman–Crippen LogP) is 2.39. The summed E-state index contributed by atoms with van der Waals surface area (Å²) in [6.45, 7) is 2.18. The van der Waals surface area contributed by atoms with Crippen LogP contribution in [0.1, 0.15) is 51.9 Å². The van der Waals surface area contributed by atoms with Crippen LogP contribution in [-0.4, -0.2) is 17.1 Å². The van der Waals surface area contributed by atoms with Crippen molar-refractivity contribution in [3.63, 3.8) is 0 Å². The molecule has 0 aromatic carbocycles. The summed E-state index contributed by atoms with van der Waals surface area (Å²) in [6, 6.07) is -0.168. The van der Waals surface area contributed by atoms with Crippen molar-refractivity contribution in [1.29, 1.82) is 0 Å². The average Bonchev–Trinajstić information content (AvgIpc) is 1.98. The summed E-state index contributed by atoms with van der Waals surface area (Å²) < 4.78 is 0. The number of hydrogen-bond donors (Lipinski definition) is 2. The van der Waals surface area contributed by atoms with Crippen LogP contribution in [0.25, 0.3) is 0 Å². The molecule has 3 nitrogen and oxygen atoms in total. The number of rotatable bonds is 7. The summed E-state index contributed by atoms with van der Waals surface area (Å²) >= 11 is 0. The van der Waals surface area contributed by atoms with Gasteiger partial charge in [0.25, 0.3) is 0 Å². The van der Waals surface area contributed by atoms with E-state index < -0.39 is 5.97 Å². The summed E-state index contributed by atoms with van der Waals surface area (Å²) in [5, 5.41) is 8.58. The van der Waals surface area contributed by atoms with E-state index in [1.54, 1.807) is 0 Å². The molecule has 3 heteroatoms. The molecule has 0 amide bonds. The molecule has 88 valence electrons. The van der Waals surface area contributed by atoms with Gasteiger partial charge in [0.2, 0.25) is 0 Å². The molecule has 0 radical (unpaired) electrons. The van der Waals surface area contributed by atoms with Crippen LogP contribution in [0.5, 0.6) is 0 Å². The molecule has 1 aliphatic rings. The quantitative estimate of drug-likeness (QED) is 0.682. The topological polar surface area (TPSA) is 63.3 Å². The van der Waals surface area contributed by atoms with Gasteiger partial charge in [-0.25, -0.2) is 0 Å². The largest absolute Gasteiger partial charge is 0.481 e. The van der Waals surface area contributed by atoms with Crippen molar-refractivity contribution in [3.8, 4) is 0 Å². The summed E-state index contributed by atoms with van der Waals surface area (Å²) in [5.41, 5.74) is 5.75. The molecule has 0 spiro atoms. The van der Waals surface area contributed by atoms with Crippen molar-refractivity contribution in [1.82, 2.24) is 0 Å². The highest BCUT2D eigenvalue weighted by Gasteiger charge is 2.19. The molecule has 0 unspecified atom stereocenters. The Morgan fingerprint density at radius 2 is 2.20 bits per heavy atom. The monoisotopic (exact) mass is 213 g/mol. The van der Waals surface area contributed by atoms with Gasteiger partial charge in [0, 0.05) is 6.04 Å². The molecule has 0 aromatic rings. The molecule has 0 saturated heterocycles. The summed E-state index contributed by atoms with van der Waals surface area (Å²) in [4.78, 5) is 10.4. The first kappa shape index (κ1) is 12.5. The molecule has 0 aliphatic heterocycles. The van der Waals surface area contributed by atoms with Crippen LogP contribution < -0.4 is 5.73 Å². The molecule has 1 rings (SSSR count). The Hall–Kier alpha value is -0.570. The normalized spacial score (nSPS) is 20.7. The molecule has 2 atom stereocenters. The lowest BCUT2D eigenvalue weighted by Gasteiger charge is -2.27. The Kier molecular flexibility index (Phi) is 5.09. The van der Waals surface area contributed by atoms with Gasteiger partial charge in [-0.05, 0) is 18.3 Å². The summed E-state index contributed by atoms with van der Waals surface area (Å²) in [7, 11) is 0. The zero-order valence-corrected chi connectivity index (χ0v) is 9.61. The van der Waals surface area contributed by atoms with Gasteiger partial charge in [0.05, 0.1) is 6.42 Å². The Morgan fingerprint density at radius 3 is 2.67 bits per heavy atom. The smallest absolute Gasteiger partial charge is 0.304 e. The van der Waals surface area contributed by atoms with Crippen molar-refractivity contribution < 1.29 is 9.90 Å². The Balaban J connectivity index is 2.05. The predicted molar refractivity (Wildman–Crippen MR) is 60.6 cm³/mol. The van der Waals surface area contributed by atoms with Gasteiger partial charge in [-0.3, -0.25) is 4.79 Å². The fraction of sp³-hybridized carbons (Fsp3) is 0.917. The molecule has 1 fully saturated rings. The molecule has 0 aromatic heterocycles. The SMILES string of the molecule is C[C@@H](CCC1CCC1)C[C@H](N)CC(=O)O. The fourth-order valence-electron chi connectivity index (χ4n) is 2.24. The van der Waals surface area contributed by atoms with Crippen LogP contribution in [0.15, 0.2) is 0 Å². The highest BCUT2D eigenvalue weighted by molar-refractivity contribution is 5.67. The van der Waals surface area contributed by atoms with Crippen LogP contribution in [0.3, 0.4) is 0 Å². The van der Waals surface area contributed by atoms with Crippen molar-refractivity contribution in [2.75, 3.05) is 0 Å². The maximum atomic E-state index is 10.4. The van der Waals surface area contributed by atoms with Crippen molar-refractivity contribution in [2.45, 2.75) is 57.9 Å². The van der Waals surface area contributed by atoms with E-state index in [0.29, 0.717) is 5.92 Å². The lowest BCUT2D eigenvalue weighted by molar-refractivity contribution is -0.137. The molecule has 3 N–H and O–H groups in total. The Morgan fingerprint density at radius 1 is 1.53 bits per heavy atom. The van der Waals surface area contributed by atoms with Crippen LogP contribution >= 0.6 is 0 Å². The summed E-state index contributed by atoms with van der Waals surface area (Å²) in [5.74, 6) is 0.733. The zero-order chi connectivity index (χ0) is 11.3. The standard InChI is InChI=1S/C12H23NO2/c1-9(5-6-10-3-2-4-10)7-11(13)8-12(14)15/h9-11H,2-8,13H2,1H3,(H,14,15)/t9-,11-/m0/s1. The van der Waals surface area contributed by atoms with Crippen LogP contribution in [0.2, 0.25) is 0 Å². The van der Waals surface area contributed by atoms with Gasteiger partial charge in [-0.2, -0.15) is 0 Å². The third-order valence-corrected chi connectivity index (χ3v) is 3.43. The lowest BCUT2D eigenvalue weighted by Crippen LogP contribution is -2.26. The van der Waals surface area contributed by atoms with Crippen molar-refractivity contribution in [2.24, 2.45) is 17.6 Å². The maximum Gasteiger partial charge on any atom is 0.304 e. The number of nitrogens with two attached hydrogens (primary N) is 1. The average molecular weight is 213 g/mol. The lowest BCUT2D eigenvalue weighted by atomic mass is 9.80. The first-order valence-corrected chi connectivity index (χ1v) is 6.05. The second-order valence-electron chi connectivity index (χ2n) is 5.07. The van der Waals surface area contributed by atoms with Gasteiger partial charge in [-0.15, -0.1) is 0 Å². The number of hydrogen-bond acceptors (Lipinski definition) is 2. The first-order chi connectivity index (χ1) is 7.08. The van der Waals surface area contributed by atoms with Crippen LogP contribution in [0, 0.1) is 11.8 Å².